The Bertz CT molecular complexity index is 411. The summed E-state index contributed by atoms with van der Waals surface area (Å²) >= 11 is 1.97. The zero-order chi connectivity index (χ0) is 13.5. The summed E-state index contributed by atoms with van der Waals surface area (Å²) in [6, 6.07) is 10.7. The largest absolute Gasteiger partial charge is 0.357 e. The van der Waals surface area contributed by atoms with Crippen LogP contribution in [0.1, 0.15) is 13.3 Å². The number of rotatable bonds is 4. The molecule has 0 radical (unpaired) electrons. The first-order valence-corrected chi connectivity index (χ1v) is 7.95. The fraction of sp³-hybridized carbons (Fsp3) is 0.533. The Morgan fingerprint density at radius 1 is 1.40 bits per heavy atom. The van der Waals surface area contributed by atoms with Crippen LogP contribution in [-0.4, -0.2) is 43.3 Å². The highest BCUT2D eigenvalue weighted by molar-refractivity contribution is 14.0. The van der Waals surface area contributed by atoms with E-state index in [0.29, 0.717) is 0 Å². The van der Waals surface area contributed by atoms with Gasteiger partial charge in [0, 0.05) is 37.3 Å². The molecule has 0 bridgehead atoms. The lowest BCUT2D eigenvalue weighted by Crippen LogP contribution is -2.39. The van der Waals surface area contributed by atoms with Crippen LogP contribution < -0.4 is 5.32 Å². The molecule has 1 aromatic rings. The summed E-state index contributed by atoms with van der Waals surface area (Å²) in [7, 11) is 1.87. The van der Waals surface area contributed by atoms with Crippen LogP contribution in [0, 0.1) is 5.92 Å². The number of benzene rings is 1. The van der Waals surface area contributed by atoms with Gasteiger partial charge in [0.2, 0.25) is 0 Å². The topological polar surface area (TPSA) is 27.6 Å². The fourth-order valence-corrected chi connectivity index (χ4v) is 3.43. The third kappa shape index (κ3) is 5.16. The molecule has 1 N–H and O–H groups in total. The molecule has 0 amide bonds. The minimum atomic E-state index is 0. The van der Waals surface area contributed by atoms with E-state index in [0.717, 1.165) is 31.5 Å². The van der Waals surface area contributed by atoms with Crippen LogP contribution in [0.2, 0.25) is 0 Å². The molecule has 0 aliphatic carbocycles. The highest BCUT2D eigenvalue weighted by Gasteiger charge is 2.24. The standard InChI is InChI=1S/C15H23N3S.HI/c1-3-17-15(16-2)18-10-9-13(11-18)12-19-14-7-5-4-6-8-14;/h4-8,13H,3,9-12H2,1-2H3,(H,16,17);1H. The molecule has 1 saturated heterocycles. The van der Waals surface area contributed by atoms with E-state index >= 15 is 0 Å². The lowest BCUT2D eigenvalue weighted by Gasteiger charge is -2.21. The number of halogens is 1. The summed E-state index contributed by atoms with van der Waals surface area (Å²) < 4.78 is 0. The monoisotopic (exact) mass is 405 g/mol. The minimum Gasteiger partial charge on any atom is -0.357 e. The molecular formula is C15H24IN3S. The van der Waals surface area contributed by atoms with Gasteiger partial charge in [0.1, 0.15) is 0 Å². The second kappa shape index (κ2) is 9.50. The van der Waals surface area contributed by atoms with Crippen LogP contribution >= 0.6 is 35.7 Å². The first-order valence-electron chi connectivity index (χ1n) is 6.97. The Labute approximate surface area is 143 Å². The number of guanidine groups is 1. The lowest BCUT2D eigenvalue weighted by atomic mass is 10.2. The normalized spacial score (nSPS) is 18.8. The van der Waals surface area contributed by atoms with Gasteiger partial charge in [-0.1, -0.05) is 18.2 Å². The molecule has 5 heteroatoms. The predicted molar refractivity (Wildman–Crippen MR) is 99.3 cm³/mol. The molecule has 1 aliphatic heterocycles. The molecule has 0 saturated carbocycles. The molecule has 1 heterocycles. The Kier molecular flexibility index (Phi) is 8.37. The van der Waals surface area contributed by atoms with Crippen molar-refractivity contribution in [1.29, 1.82) is 0 Å². The van der Waals surface area contributed by atoms with E-state index in [1.165, 1.54) is 17.1 Å². The van der Waals surface area contributed by atoms with Crippen molar-refractivity contribution >= 4 is 41.7 Å². The molecule has 0 aromatic heterocycles. The molecule has 1 aromatic carbocycles. The molecule has 1 fully saturated rings. The van der Waals surface area contributed by atoms with E-state index in [1.807, 2.05) is 18.8 Å². The maximum absolute atomic E-state index is 4.34. The number of nitrogens with one attached hydrogen (secondary N) is 1. The summed E-state index contributed by atoms with van der Waals surface area (Å²) in [4.78, 5) is 8.08. The molecule has 112 valence electrons. The number of nitrogens with zero attached hydrogens (tertiary/aromatic N) is 2. The van der Waals surface area contributed by atoms with E-state index in [-0.39, 0.29) is 24.0 Å². The Balaban J connectivity index is 0.00000200. The smallest absolute Gasteiger partial charge is 0.193 e. The van der Waals surface area contributed by atoms with E-state index in [2.05, 4.69) is 52.5 Å². The van der Waals surface area contributed by atoms with Gasteiger partial charge in [-0.25, -0.2) is 0 Å². The molecule has 2 rings (SSSR count). The molecule has 20 heavy (non-hydrogen) atoms. The number of aliphatic imine (C=N–C) groups is 1. The van der Waals surface area contributed by atoms with Crippen LogP contribution in [0.25, 0.3) is 0 Å². The number of hydrogen-bond acceptors (Lipinski definition) is 2. The van der Waals surface area contributed by atoms with Gasteiger partial charge in [-0.2, -0.15) is 0 Å². The first-order chi connectivity index (χ1) is 9.33. The van der Waals surface area contributed by atoms with Crippen LogP contribution in [0.4, 0.5) is 0 Å². The molecule has 0 spiro atoms. The lowest BCUT2D eigenvalue weighted by molar-refractivity contribution is 0.476. The second-order valence-corrected chi connectivity index (χ2v) is 5.90. The van der Waals surface area contributed by atoms with Crippen molar-refractivity contribution in [2.75, 3.05) is 32.4 Å². The fourth-order valence-electron chi connectivity index (χ4n) is 2.38. The third-order valence-corrected chi connectivity index (χ3v) is 4.60. The average Bonchev–Trinajstić information content (AvgIpc) is 2.92. The number of thioether (sulfide) groups is 1. The summed E-state index contributed by atoms with van der Waals surface area (Å²) in [6.07, 6.45) is 1.27. The molecular weight excluding hydrogens is 381 g/mol. The van der Waals surface area contributed by atoms with Crippen molar-refractivity contribution in [3.8, 4) is 0 Å². The van der Waals surface area contributed by atoms with Gasteiger partial charge in [-0.05, 0) is 31.4 Å². The molecule has 1 atom stereocenters. The summed E-state index contributed by atoms with van der Waals surface area (Å²) in [6.45, 7) is 5.30. The number of hydrogen-bond donors (Lipinski definition) is 1. The van der Waals surface area contributed by atoms with Gasteiger partial charge in [-0.15, -0.1) is 35.7 Å². The summed E-state index contributed by atoms with van der Waals surface area (Å²) in [5.74, 6) is 3.01. The Morgan fingerprint density at radius 3 is 2.80 bits per heavy atom. The molecule has 1 aliphatic rings. The van der Waals surface area contributed by atoms with Gasteiger partial charge < -0.3 is 10.2 Å². The van der Waals surface area contributed by atoms with Crippen molar-refractivity contribution in [1.82, 2.24) is 10.2 Å². The number of likely N-dealkylation sites (tertiary alicyclic amines) is 1. The van der Waals surface area contributed by atoms with Gasteiger partial charge in [0.15, 0.2) is 5.96 Å². The first kappa shape index (κ1) is 17.6. The van der Waals surface area contributed by atoms with Crippen molar-refractivity contribution in [2.45, 2.75) is 18.2 Å². The van der Waals surface area contributed by atoms with Gasteiger partial charge in [0.05, 0.1) is 0 Å². The van der Waals surface area contributed by atoms with Crippen LogP contribution in [0.3, 0.4) is 0 Å². The molecule has 3 nitrogen and oxygen atoms in total. The van der Waals surface area contributed by atoms with Crippen molar-refractivity contribution in [2.24, 2.45) is 10.9 Å². The zero-order valence-electron chi connectivity index (χ0n) is 12.2. The highest BCUT2D eigenvalue weighted by Crippen LogP contribution is 2.25. The summed E-state index contributed by atoms with van der Waals surface area (Å²) in [5.41, 5.74) is 0. The van der Waals surface area contributed by atoms with Gasteiger partial charge in [0.25, 0.3) is 0 Å². The SMILES string of the molecule is CCNC(=NC)N1CCC(CSc2ccccc2)C1.I. The predicted octanol–water partition coefficient (Wildman–Crippen LogP) is 3.31. The van der Waals surface area contributed by atoms with Crippen molar-refractivity contribution in [3.63, 3.8) is 0 Å². The Hall–Kier alpha value is -0.430. The van der Waals surface area contributed by atoms with Gasteiger partial charge in [-0.3, -0.25) is 4.99 Å². The van der Waals surface area contributed by atoms with Gasteiger partial charge >= 0.3 is 0 Å². The summed E-state index contributed by atoms with van der Waals surface area (Å²) in [5, 5.41) is 3.34. The van der Waals surface area contributed by atoms with Crippen LogP contribution in [0.5, 0.6) is 0 Å². The third-order valence-electron chi connectivity index (χ3n) is 3.36. The van der Waals surface area contributed by atoms with E-state index in [1.54, 1.807) is 0 Å². The van der Waals surface area contributed by atoms with Crippen LogP contribution in [0.15, 0.2) is 40.2 Å². The van der Waals surface area contributed by atoms with Crippen molar-refractivity contribution in [3.05, 3.63) is 30.3 Å². The minimum absolute atomic E-state index is 0. The highest BCUT2D eigenvalue weighted by atomic mass is 127. The van der Waals surface area contributed by atoms with E-state index in [9.17, 15) is 0 Å². The van der Waals surface area contributed by atoms with Crippen LogP contribution in [-0.2, 0) is 0 Å². The van der Waals surface area contributed by atoms with Crippen molar-refractivity contribution < 1.29 is 0 Å². The van der Waals surface area contributed by atoms with E-state index in [4.69, 9.17) is 0 Å². The Morgan fingerprint density at radius 2 is 2.15 bits per heavy atom. The zero-order valence-corrected chi connectivity index (χ0v) is 15.4. The van der Waals surface area contributed by atoms with E-state index < -0.39 is 0 Å². The quantitative estimate of drug-likeness (QED) is 0.361. The average molecular weight is 405 g/mol. The second-order valence-electron chi connectivity index (χ2n) is 4.80. The molecule has 1 unspecified atom stereocenters. The maximum Gasteiger partial charge on any atom is 0.193 e. The maximum atomic E-state index is 4.34.